The minimum Gasteiger partial charge on any atom is -0.349 e. The Morgan fingerprint density at radius 3 is 2.52 bits per heavy atom. The van der Waals surface area contributed by atoms with Crippen molar-refractivity contribution in [3.8, 4) is 0 Å². The standard InChI is InChI=1S/C16H22F2N2O/c1-10(13-6-7-14(17)15(18)8-13)20-16(21)12-4-2-11(9-19)3-5-12/h6-8,10-12H,2-5,9,19H2,1H3,(H,20,21). The van der Waals surface area contributed by atoms with Crippen molar-refractivity contribution in [2.24, 2.45) is 17.6 Å². The Kier molecular flexibility index (Phi) is 5.28. The van der Waals surface area contributed by atoms with E-state index in [4.69, 9.17) is 5.73 Å². The average Bonchev–Trinajstić information content (AvgIpc) is 2.50. The first-order chi connectivity index (χ1) is 10.0. The van der Waals surface area contributed by atoms with Crippen LogP contribution in [0.3, 0.4) is 0 Å². The van der Waals surface area contributed by atoms with Gasteiger partial charge in [-0.15, -0.1) is 0 Å². The minimum absolute atomic E-state index is 0.000505. The van der Waals surface area contributed by atoms with Gasteiger partial charge in [0.1, 0.15) is 0 Å². The molecule has 2 rings (SSSR count). The Labute approximate surface area is 123 Å². The van der Waals surface area contributed by atoms with Crippen molar-refractivity contribution in [2.75, 3.05) is 6.54 Å². The van der Waals surface area contributed by atoms with Gasteiger partial charge < -0.3 is 11.1 Å². The highest BCUT2D eigenvalue weighted by molar-refractivity contribution is 5.79. The molecule has 0 heterocycles. The van der Waals surface area contributed by atoms with E-state index in [0.29, 0.717) is 18.0 Å². The fraction of sp³-hybridized carbons (Fsp3) is 0.562. The van der Waals surface area contributed by atoms with Crippen LogP contribution in [0.4, 0.5) is 8.78 Å². The highest BCUT2D eigenvalue weighted by Crippen LogP contribution is 2.28. The number of hydrogen-bond acceptors (Lipinski definition) is 2. The zero-order chi connectivity index (χ0) is 15.4. The maximum Gasteiger partial charge on any atom is 0.223 e. The van der Waals surface area contributed by atoms with Gasteiger partial charge in [-0.25, -0.2) is 8.78 Å². The van der Waals surface area contributed by atoms with E-state index in [1.54, 1.807) is 6.92 Å². The van der Waals surface area contributed by atoms with E-state index in [-0.39, 0.29) is 17.9 Å². The summed E-state index contributed by atoms with van der Waals surface area (Å²) < 4.78 is 26.1. The molecule has 21 heavy (non-hydrogen) atoms. The molecule has 1 atom stereocenters. The molecule has 1 aliphatic rings. The van der Waals surface area contributed by atoms with E-state index < -0.39 is 11.6 Å². The lowest BCUT2D eigenvalue weighted by Crippen LogP contribution is -2.35. The first kappa shape index (κ1) is 15.9. The molecule has 116 valence electrons. The fourth-order valence-corrected chi connectivity index (χ4v) is 2.86. The zero-order valence-electron chi connectivity index (χ0n) is 12.2. The average molecular weight is 296 g/mol. The molecule has 3 N–H and O–H groups in total. The van der Waals surface area contributed by atoms with Gasteiger partial charge in [-0.05, 0) is 62.8 Å². The number of benzene rings is 1. The molecule has 0 aromatic heterocycles. The van der Waals surface area contributed by atoms with Crippen LogP contribution in [0, 0.1) is 23.5 Å². The molecule has 0 saturated heterocycles. The number of hydrogen-bond donors (Lipinski definition) is 2. The molecule has 0 aliphatic heterocycles. The van der Waals surface area contributed by atoms with E-state index in [9.17, 15) is 13.6 Å². The number of nitrogens with two attached hydrogens (primary N) is 1. The molecule has 1 unspecified atom stereocenters. The Morgan fingerprint density at radius 2 is 1.95 bits per heavy atom. The molecule has 5 heteroatoms. The van der Waals surface area contributed by atoms with Crippen LogP contribution >= 0.6 is 0 Å². The zero-order valence-corrected chi connectivity index (χ0v) is 12.2. The molecule has 1 aliphatic carbocycles. The number of carbonyl (C=O) groups excluding carboxylic acids is 1. The van der Waals surface area contributed by atoms with Gasteiger partial charge in [0.2, 0.25) is 5.91 Å². The van der Waals surface area contributed by atoms with E-state index in [1.807, 2.05) is 0 Å². The highest BCUT2D eigenvalue weighted by atomic mass is 19.2. The lowest BCUT2D eigenvalue weighted by molar-refractivity contribution is -0.126. The predicted molar refractivity (Wildman–Crippen MR) is 77.4 cm³/mol. The van der Waals surface area contributed by atoms with Crippen LogP contribution in [-0.4, -0.2) is 12.5 Å². The van der Waals surface area contributed by atoms with Gasteiger partial charge in [0, 0.05) is 5.92 Å². The fourth-order valence-electron chi connectivity index (χ4n) is 2.86. The largest absolute Gasteiger partial charge is 0.349 e. The van der Waals surface area contributed by atoms with Gasteiger partial charge in [-0.3, -0.25) is 4.79 Å². The van der Waals surface area contributed by atoms with Gasteiger partial charge in [-0.1, -0.05) is 6.07 Å². The van der Waals surface area contributed by atoms with Crippen molar-refractivity contribution in [1.82, 2.24) is 5.32 Å². The van der Waals surface area contributed by atoms with Crippen molar-refractivity contribution < 1.29 is 13.6 Å². The number of halogens is 2. The number of carbonyl (C=O) groups is 1. The van der Waals surface area contributed by atoms with E-state index in [1.165, 1.54) is 6.07 Å². The van der Waals surface area contributed by atoms with Crippen LogP contribution in [0.1, 0.15) is 44.2 Å². The molecular weight excluding hydrogens is 274 g/mol. The van der Waals surface area contributed by atoms with Crippen LogP contribution in [0.25, 0.3) is 0 Å². The second-order valence-corrected chi connectivity index (χ2v) is 5.86. The van der Waals surface area contributed by atoms with E-state index >= 15 is 0 Å². The van der Waals surface area contributed by atoms with Gasteiger partial charge in [0.15, 0.2) is 11.6 Å². The second kappa shape index (κ2) is 6.98. The Balaban J connectivity index is 1.91. The van der Waals surface area contributed by atoms with Crippen molar-refractivity contribution >= 4 is 5.91 Å². The summed E-state index contributed by atoms with van der Waals surface area (Å²) in [5, 5.41) is 2.89. The van der Waals surface area contributed by atoms with Crippen molar-refractivity contribution in [2.45, 2.75) is 38.6 Å². The Bertz CT molecular complexity index is 499. The summed E-state index contributed by atoms with van der Waals surface area (Å²) >= 11 is 0. The topological polar surface area (TPSA) is 55.1 Å². The second-order valence-electron chi connectivity index (χ2n) is 5.86. The molecule has 1 fully saturated rings. The summed E-state index contributed by atoms with van der Waals surface area (Å²) in [6.45, 7) is 2.45. The van der Waals surface area contributed by atoms with Gasteiger partial charge in [-0.2, -0.15) is 0 Å². The normalized spacial score (nSPS) is 23.6. The number of rotatable bonds is 4. The third-order valence-corrected chi connectivity index (χ3v) is 4.35. The highest BCUT2D eigenvalue weighted by Gasteiger charge is 2.26. The van der Waals surface area contributed by atoms with Crippen molar-refractivity contribution in [3.05, 3.63) is 35.4 Å². The predicted octanol–water partition coefficient (Wildman–Crippen LogP) is 2.91. The summed E-state index contributed by atoms with van der Waals surface area (Å²) in [5.74, 6) is -1.25. The monoisotopic (exact) mass is 296 g/mol. The summed E-state index contributed by atoms with van der Waals surface area (Å²) in [7, 11) is 0. The van der Waals surface area contributed by atoms with E-state index in [0.717, 1.165) is 37.8 Å². The van der Waals surface area contributed by atoms with Crippen LogP contribution in [0.15, 0.2) is 18.2 Å². The summed E-state index contributed by atoms with van der Waals surface area (Å²) in [6.07, 6.45) is 3.65. The smallest absolute Gasteiger partial charge is 0.223 e. The number of amides is 1. The van der Waals surface area contributed by atoms with Gasteiger partial charge >= 0.3 is 0 Å². The summed E-state index contributed by atoms with van der Waals surface area (Å²) in [6, 6.07) is 3.37. The first-order valence-electron chi connectivity index (χ1n) is 7.46. The number of nitrogens with one attached hydrogen (secondary N) is 1. The van der Waals surface area contributed by atoms with Crippen LogP contribution in [0.5, 0.6) is 0 Å². The van der Waals surface area contributed by atoms with Crippen LogP contribution in [0.2, 0.25) is 0 Å². The molecule has 0 spiro atoms. The summed E-state index contributed by atoms with van der Waals surface area (Å²) in [4.78, 5) is 12.2. The van der Waals surface area contributed by atoms with Crippen LogP contribution < -0.4 is 11.1 Å². The van der Waals surface area contributed by atoms with E-state index in [2.05, 4.69) is 5.32 Å². The molecule has 1 aromatic rings. The molecule has 1 saturated carbocycles. The van der Waals surface area contributed by atoms with Gasteiger partial charge in [0.05, 0.1) is 6.04 Å². The molecule has 0 radical (unpaired) electrons. The molecular formula is C16H22F2N2O. The van der Waals surface area contributed by atoms with Crippen molar-refractivity contribution in [3.63, 3.8) is 0 Å². The van der Waals surface area contributed by atoms with Crippen LogP contribution in [-0.2, 0) is 4.79 Å². The molecule has 3 nitrogen and oxygen atoms in total. The minimum atomic E-state index is -0.892. The van der Waals surface area contributed by atoms with Crippen molar-refractivity contribution in [1.29, 1.82) is 0 Å². The maximum absolute atomic E-state index is 13.2. The maximum atomic E-state index is 13.2. The SMILES string of the molecule is CC(NC(=O)C1CCC(CN)CC1)c1ccc(F)c(F)c1. The molecule has 1 amide bonds. The molecule has 0 bridgehead atoms. The lowest BCUT2D eigenvalue weighted by atomic mass is 9.81. The lowest BCUT2D eigenvalue weighted by Gasteiger charge is -2.28. The Hall–Kier alpha value is -1.49. The third kappa shape index (κ3) is 4.00. The van der Waals surface area contributed by atoms with Gasteiger partial charge in [0.25, 0.3) is 0 Å². The Morgan fingerprint density at radius 1 is 1.29 bits per heavy atom. The third-order valence-electron chi connectivity index (χ3n) is 4.35. The molecule has 1 aromatic carbocycles. The summed E-state index contributed by atoms with van der Waals surface area (Å²) in [5.41, 5.74) is 6.21. The quantitative estimate of drug-likeness (QED) is 0.897. The first-order valence-corrected chi connectivity index (χ1v) is 7.46.